The maximum atomic E-state index is 12.7. The molecule has 0 saturated heterocycles. The summed E-state index contributed by atoms with van der Waals surface area (Å²) in [4.78, 5) is 37.1. The van der Waals surface area contributed by atoms with Crippen molar-refractivity contribution in [3.8, 4) is 0 Å². The molecule has 8 nitrogen and oxygen atoms in total. The third kappa shape index (κ3) is 6.47. The van der Waals surface area contributed by atoms with Crippen molar-refractivity contribution in [3.63, 3.8) is 0 Å². The Morgan fingerprint density at radius 1 is 1.09 bits per heavy atom. The van der Waals surface area contributed by atoms with Crippen molar-refractivity contribution < 1.29 is 29.0 Å². The van der Waals surface area contributed by atoms with E-state index in [4.69, 9.17) is 9.47 Å². The minimum Gasteiger partial charge on any atom is -0.479 e. The van der Waals surface area contributed by atoms with Gasteiger partial charge in [-0.15, -0.1) is 0 Å². The zero-order valence-electron chi connectivity index (χ0n) is 18.6. The fourth-order valence-electron chi connectivity index (χ4n) is 3.55. The SMILES string of the molecule is CC(C)(C)OC(=O)NC(Cc1ccccc1)OC(=O)NC1(C(=O)O)CC1c1ccccc1Br. The van der Waals surface area contributed by atoms with Crippen molar-refractivity contribution in [2.24, 2.45) is 0 Å². The molecule has 3 atom stereocenters. The Balaban J connectivity index is 1.72. The fraction of sp³-hybridized carbons (Fsp3) is 0.375. The highest BCUT2D eigenvalue weighted by Gasteiger charge is 2.63. The van der Waals surface area contributed by atoms with E-state index in [1.165, 1.54) is 0 Å². The van der Waals surface area contributed by atoms with Gasteiger partial charge in [-0.2, -0.15) is 0 Å². The number of benzene rings is 2. The van der Waals surface area contributed by atoms with Crippen LogP contribution in [0.3, 0.4) is 0 Å². The Hall–Kier alpha value is -3.07. The van der Waals surface area contributed by atoms with Crippen LogP contribution in [0.5, 0.6) is 0 Å². The van der Waals surface area contributed by atoms with E-state index in [2.05, 4.69) is 26.6 Å². The second-order valence-corrected chi connectivity index (χ2v) is 9.76. The number of amides is 2. The van der Waals surface area contributed by atoms with Gasteiger partial charge in [0.1, 0.15) is 11.1 Å². The van der Waals surface area contributed by atoms with Crippen LogP contribution in [0.2, 0.25) is 0 Å². The van der Waals surface area contributed by atoms with Crippen LogP contribution in [-0.4, -0.2) is 40.6 Å². The summed E-state index contributed by atoms with van der Waals surface area (Å²) in [6.07, 6.45) is -2.34. The van der Waals surface area contributed by atoms with Gasteiger partial charge in [-0.3, -0.25) is 5.32 Å². The maximum absolute atomic E-state index is 12.7. The average Bonchev–Trinajstić information content (AvgIpc) is 3.42. The first-order valence-corrected chi connectivity index (χ1v) is 11.3. The van der Waals surface area contributed by atoms with Crippen LogP contribution in [0, 0.1) is 0 Å². The molecule has 1 aliphatic rings. The van der Waals surface area contributed by atoms with Gasteiger partial charge in [0.2, 0.25) is 0 Å². The highest BCUT2D eigenvalue weighted by molar-refractivity contribution is 9.10. The van der Waals surface area contributed by atoms with E-state index >= 15 is 0 Å². The third-order valence-corrected chi connectivity index (χ3v) is 5.86. The van der Waals surface area contributed by atoms with E-state index in [1.54, 1.807) is 20.8 Å². The minimum absolute atomic E-state index is 0.182. The molecule has 2 aromatic rings. The lowest BCUT2D eigenvalue weighted by molar-refractivity contribution is -0.140. The Morgan fingerprint density at radius 2 is 1.73 bits per heavy atom. The van der Waals surface area contributed by atoms with Gasteiger partial charge in [0.05, 0.1) is 0 Å². The minimum atomic E-state index is -1.48. The molecule has 0 spiro atoms. The fourth-order valence-corrected chi connectivity index (χ4v) is 4.12. The monoisotopic (exact) mass is 518 g/mol. The van der Waals surface area contributed by atoms with E-state index in [1.807, 2.05) is 54.6 Å². The molecule has 33 heavy (non-hydrogen) atoms. The molecule has 1 fully saturated rings. The number of hydrogen-bond donors (Lipinski definition) is 3. The smallest absolute Gasteiger partial charge is 0.410 e. The quantitative estimate of drug-likeness (QED) is 0.462. The topological polar surface area (TPSA) is 114 Å². The van der Waals surface area contributed by atoms with Crippen molar-refractivity contribution in [3.05, 3.63) is 70.2 Å². The van der Waals surface area contributed by atoms with Crippen molar-refractivity contribution in [1.82, 2.24) is 10.6 Å². The van der Waals surface area contributed by atoms with Gasteiger partial charge >= 0.3 is 18.2 Å². The summed E-state index contributed by atoms with van der Waals surface area (Å²) >= 11 is 3.43. The first-order valence-electron chi connectivity index (χ1n) is 10.5. The van der Waals surface area contributed by atoms with Gasteiger partial charge in [-0.25, -0.2) is 14.4 Å². The zero-order chi connectivity index (χ0) is 24.2. The number of carboxylic acids is 1. The predicted molar refractivity (Wildman–Crippen MR) is 125 cm³/mol. The molecule has 176 valence electrons. The number of carboxylic acid groups (broad SMARTS) is 1. The Labute approximate surface area is 200 Å². The van der Waals surface area contributed by atoms with Crippen LogP contribution in [0.1, 0.15) is 44.2 Å². The normalized spacial score (nSPS) is 20.3. The van der Waals surface area contributed by atoms with Gasteiger partial charge in [-0.05, 0) is 44.4 Å². The van der Waals surface area contributed by atoms with E-state index in [0.29, 0.717) is 0 Å². The van der Waals surface area contributed by atoms with Gasteiger partial charge in [0.15, 0.2) is 6.23 Å². The molecule has 3 rings (SSSR count). The van der Waals surface area contributed by atoms with Gasteiger partial charge in [0.25, 0.3) is 0 Å². The average molecular weight is 519 g/mol. The van der Waals surface area contributed by atoms with Crippen molar-refractivity contribution in [2.75, 3.05) is 0 Å². The number of rotatable bonds is 7. The predicted octanol–water partition coefficient (Wildman–Crippen LogP) is 4.58. The van der Waals surface area contributed by atoms with Crippen LogP contribution >= 0.6 is 15.9 Å². The second kappa shape index (κ2) is 9.82. The lowest BCUT2D eigenvalue weighted by Gasteiger charge is -2.24. The molecule has 3 unspecified atom stereocenters. The summed E-state index contributed by atoms with van der Waals surface area (Å²) in [5, 5.41) is 14.9. The number of aliphatic carboxylic acids is 1. The molecule has 0 bridgehead atoms. The molecule has 1 saturated carbocycles. The lowest BCUT2D eigenvalue weighted by atomic mass is 10.1. The Bertz CT molecular complexity index is 1020. The Kier molecular flexibility index (Phi) is 7.31. The third-order valence-electron chi connectivity index (χ3n) is 5.14. The summed E-state index contributed by atoms with van der Waals surface area (Å²) in [6.45, 7) is 5.16. The standard InChI is InChI=1S/C24H27BrN2O6/c1-23(2,3)33-21(30)26-19(13-15-9-5-4-6-10-15)32-22(31)27-24(20(28)29)14-17(24)16-11-7-8-12-18(16)25/h4-12,17,19H,13-14H2,1-3H3,(H,26,30)(H,27,31)(H,28,29). The van der Waals surface area contributed by atoms with E-state index in [0.717, 1.165) is 15.6 Å². The largest absolute Gasteiger partial charge is 0.479 e. The van der Waals surface area contributed by atoms with E-state index in [-0.39, 0.29) is 12.8 Å². The van der Waals surface area contributed by atoms with Gasteiger partial charge < -0.3 is 19.9 Å². The van der Waals surface area contributed by atoms with E-state index < -0.39 is 41.4 Å². The number of ether oxygens (including phenoxy) is 2. The van der Waals surface area contributed by atoms with Crippen molar-refractivity contribution >= 4 is 34.1 Å². The molecule has 2 amide bonds. The van der Waals surface area contributed by atoms with E-state index in [9.17, 15) is 19.5 Å². The first kappa shape index (κ1) is 24.6. The van der Waals surface area contributed by atoms with Crippen LogP contribution in [0.15, 0.2) is 59.1 Å². The highest BCUT2D eigenvalue weighted by atomic mass is 79.9. The number of hydrogen-bond acceptors (Lipinski definition) is 5. The molecule has 3 N–H and O–H groups in total. The maximum Gasteiger partial charge on any atom is 0.410 e. The van der Waals surface area contributed by atoms with Crippen LogP contribution in [0.4, 0.5) is 9.59 Å². The van der Waals surface area contributed by atoms with Crippen LogP contribution in [-0.2, 0) is 20.7 Å². The zero-order valence-corrected chi connectivity index (χ0v) is 20.2. The van der Waals surface area contributed by atoms with Crippen molar-refractivity contribution in [1.29, 1.82) is 0 Å². The molecule has 0 aliphatic heterocycles. The number of carbonyl (C=O) groups excluding carboxylic acids is 2. The molecule has 0 radical (unpaired) electrons. The van der Waals surface area contributed by atoms with Crippen molar-refractivity contribution in [2.45, 2.75) is 56.9 Å². The van der Waals surface area contributed by atoms with Crippen LogP contribution < -0.4 is 10.6 Å². The molecular weight excluding hydrogens is 492 g/mol. The number of carbonyl (C=O) groups is 3. The molecule has 9 heteroatoms. The first-order chi connectivity index (χ1) is 15.5. The summed E-state index contributed by atoms with van der Waals surface area (Å²) in [7, 11) is 0. The molecular formula is C24H27BrN2O6. The summed E-state index contributed by atoms with van der Waals surface area (Å²) in [5.74, 6) is -1.57. The van der Waals surface area contributed by atoms with Gasteiger partial charge in [0, 0.05) is 16.8 Å². The molecule has 1 aliphatic carbocycles. The summed E-state index contributed by atoms with van der Waals surface area (Å²) in [6, 6.07) is 16.4. The molecule has 0 heterocycles. The number of nitrogens with one attached hydrogen (secondary N) is 2. The lowest BCUT2D eigenvalue weighted by Crippen LogP contribution is -2.49. The highest BCUT2D eigenvalue weighted by Crippen LogP contribution is 2.53. The number of alkyl carbamates (subject to hydrolysis) is 2. The molecule has 2 aromatic carbocycles. The summed E-state index contributed by atoms with van der Waals surface area (Å²) < 4.78 is 11.5. The Morgan fingerprint density at radius 3 is 2.33 bits per heavy atom. The molecule has 0 aromatic heterocycles. The summed E-state index contributed by atoms with van der Waals surface area (Å²) in [5.41, 5.74) is -0.615. The van der Waals surface area contributed by atoms with Crippen LogP contribution in [0.25, 0.3) is 0 Å². The van der Waals surface area contributed by atoms with Gasteiger partial charge in [-0.1, -0.05) is 64.5 Å². The number of halogens is 1. The second-order valence-electron chi connectivity index (χ2n) is 8.91.